The Morgan fingerprint density at radius 3 is 2.39 bits per heavy atom. The molecule has 0 spiro atoms. The molecule has 18 heavy (non-hydrogen) atoms. The number of carbonyl (C=O) groups is 2. The van der Waals surface area contributed by atoms with Crippen LogP contribution in [0.1, 0.15) is 46.0 Å². The van der Waals surface area contributed by atoms with E-state index in [1.165, 1.54) is 24.8 Å². The SMILES string of the molecule is CCCCSc1ccc(C(=O)O)c(C)c1C(=O)O. The molecule has 0 radical (unpaired) electrons. The molecule has 0 aliphatic carbocycles. The van der Waals surface area contributed by atoms with Crippen LogP contribution in [0.25, 0.3) is 0 Å². The molecule has 0 unspecified atom stereocenters. The average Bonchev–Trinajstić information content (AvgIpc) is 2.28. The first-order valence-corrected chi connectivity index (χ1v) is 6.70. The molecule has 5 heteroatoms. The number of aromatic carboxylic acids is 2. The quantitative estimate of drug-likeness (QED) is 0.611. The number of hydrogen-bond donors (Lipinski definition) is 2. The van der Waals surface area contributed by atoms with Gasteiger partial charge in [0.15, 0.2) is 0 Å². The van der Waals surface area contributed by atoms with Gasteiger partial charge in [0.2, 0.25) is 0 Å². The second-order valence-corrected chi connectivity index (χ2v) is 5.06. The highest BCUT2D eigenvalue weighted by Gasteiger charge is 2.19. The average molecular weight is 268 g/mol. The molecule has 0 heterocycles. The van der Waals surface area contributed by atoms with E-state index in [-0.39, 0.29) is 11.1 Å². The number of rotatable bonds is 6. The second-order valence-electron chi connectivity index (χ2n) is 3.92. The van der Waals surface area contributed by atoms with Gasteiger partial charge in [-0.25, -0.2) is 9.59 Å². The Morgan fingerprint density at radius 2 is 1.89 bits per heavy atom. The van der Waals surface area contributed by atoms with Crippen molar-refractivity contribution in [2.75, 3.05) is 5.75 Å². The summed E-state index contributed by atoms with van der Waals surface area (Å²) < 4.78 is 0. The first kappa shape index (κ1) is 14.6. The molecule has 0 atom stereocenters. The van der Waals surface area contributed by atoms with Crippen molar-refractivity contribution in [3.63, 3.8) is 0 Å². The van der Waals surface area contributed by atoms with Crippen LogP contribution in [0, 0.1) is 6.92 Å². The standard InChI is InChI=1S/C13H16O4S/c1-3-4-7-18-10-6-5-9(12(14)15)8(2)11(10)13(16)17/h5-6H,3-4,7H2,1-2H3,(H,14,15)(H,16,17). The Kier molecular flexibility index (Phi) is 5.22. The number of thioether (sulfide) groups is 1. The van der Waals surface area contributed by atoms with Crippen molar-refractivity contribution in [2.24, 2.45) is 0 Å². The van der Waals surface area contributed by atoms with Crippen molar-refractivity contribution in [2.45, 2.75) is 31.6 Å². The smallest absolute Gasteiger partial charge is 0.337 e. The molecule has 1 aromatic rings. The van der Waals surface area contributed by atoms with Gasteiger partial charge in [0.25, 0.3) is 0 Å². The van der Waals surface area contributed by atoms with Gasteiger partial charge in [0, 0.05) is 4.90 Å². The Morgan fingerprint density at radius 1 is 1.22 bits per heavy atom. The van der Waals surface area contributed by atoms with E-state index in [2.05, 4.69) is 6.92 Å². The summed E-state index contributed by atoms with van der Waals surface area (Å²) in [6, 6.07) is 3.05. The fraction of sp³-hybridized carbons (Fsp3) is 0.385. The zero-order valence-electron chi connectivity index (χ0n) is 10.4. The topological polar surface area (TPSA) is 74.6 Å². The van der Waals surface area contributed by atoms with Crippen molar-refractivity contribution >= 4 is 23.7 Å². The van der Waals surface area contributed by atoms with Gasteiger partial charge >= 0.3 is 11.9 Å². The van der Waals surface area contributed by atoms with E-state index in [0.717, 1.165) is 18.6 Å². The van der Waals surface area contributed by atoms with Crippen molar-refractivity contribution < 1.29 is 19.8 Å². The summed E-state index contributed by atoms with van der Waals surface area (Å²) in [6.45, 7) is 3.61. The fourth-order valence-corrected chi connectivity index (χ4v) is 2.83. The Balaban J connectivity index is 3.15. The molecular weight excluding hydrogens is 252 g/mol. The van der Waals surface area contributed by atoms with Crippen LogP contribution in [-0.4, -0.2) is 27.9 Å². The van der Waals surface area contributed by atoms with Gasteiger partial charge in [0.1, 0.15) is 0 Å². The summed E-state index contributed by atoms with van der Waals surface area (Å²) in [5.74, 6) is -1.34. The maximum atomic E-state index is 11.2. The molecule has 0 aromatic heterocycles. The molecule has 98 valence electrons. The van der Waals surface area contributed by atoms with Gasteiger partial charge < -0.3 is 10.2 Å². The van der Waals surface area contributed by atoms with Gasteiger partial charge in [-0.05, 0) is 36.8 Å². The van der Waals surface area contributed by atoms with Gasteiger partial charge in [0.05, 0.1) is 11.1 Å². The Bertz CT molecular complexity index is 468. The summed E-state index contributed by atoms with van der Waals surface area (Å²) in [6.07, 6.45) is 2.05. The van der Waals surface area contributed by atoms with E-state index in [4.69, 9.17) is 5.11 Å². The van der Waals surface area contributed by atoms with E-state index < -0.39 is 11.9 Å². The van der Waals surface area contributed by atoms with Crippen LogP contribution in [0.5, 0.6) is 0 Å². The lowest BCUT2D eigenvalue weighted by Gasteiger charge is -2.10. The molecule has 4 nitrogen and oxygen atoms in total. The lowest BCUT2D eigenvalue weighted by Crippen LogP contribution is -2.08. The number of carboxylic acids is 2. The summed E-state index contributed by atoms with van der Waals surface area (Å²) in [7, 11) is 0. The highest BCUT2D eigenvalue weighted by Crippen LogP contribution is 2.28. The molecule has 0 saturated heterocycles. The Hall–Kier alpha value is -1.49. The van der Waals surface area contributed by atoms with Crippen molar-refractivity contribution in [3.8, 4) is 0 Å². The lowest BCUT2D eigenvalue weighted by atomic mass is 10.0. The zero-order valence-corrected chi connectivity index (χ0v) is 11.2. The fourth-order valence-electron chi connectivity index (χ4n) is 1.63. The van der Waals surface area contributed by atoms with Crippen LogP contribution in [0.3, 0.4) is 0 Å². The first-order chi connectivity index (χ1) is 8.49. The normalized spacial score (nSPS) is 10.3. The number of unbranched alkanes of at least 4 members (excludes halogenated alkanes) is 1. The monoisotopic (exact) mass is 268 g/mol. The molecule has 0 amide bonds. The molecule has 0 fully saturated rings. The molecule has 0 aliphatic rings. The van der Waals surface area contributed by atoms with Crippen LogP contribution in [0.4, 0.5) is 0 Å². The van der Waals surface area contributed by atoms with Crippen LogP contribution in [0.15, 0.2) is 17.0 Å². The predicted octanol–water partition coefficient (Wildman–Crippen LogP) is 3.28. The molecule has 1 aromatic carbocycles. The molecule has 0 saturated carbocycles. The number of benzene rings is 1. The van der Waals surface area contributed by atoms with E-state index in [1.807, 2.05) is 0 Å². The molecule has 0 bridgehead atoms. The third-order valence-corrected chi connectivity index (χ3v) is 3.77. The van der Waals surface area contributed by atoms with Crippen molar-refractivity contribution in [1.29, 1.82) is 0 Å². The minimum absolute atomic E-state index is 0.0484. The molecule has 0 aliphatic heterocycles. The molecule has 1 rings (SSSR count). The highest BCUT2D eigenvalue weighted by molar-refractivity contribution is 7.99. The van der Waals surface area contributed by atoms with Crippen LogP contribution in [0.2, 0.25) is 0 Å². The van der Waals surface area contributed by atoms with Crippen LogP contribution >= 0.6 is 11.8 Å². The summed E-state index contributed by atoms with van der Waals surface area (Å²) in [5, 5.41) is 18.2. The van der Waals surface area contributed by atoms with E-state index in [0.29, 0.717) is 10.5 Å². The number of hydrogen-bond acceptors (Lipinski definition) is 3. The second kappa shape index (κ2) is 6.44. The van der Waals surface area contributed by atoms with Gasteiger partial charge in [-0.3, -0.25) is 0 Å². The summed E-state index contributed by atoms with van der Waals surface area (Å²) in [4.78, 5) is 22.8. The molecule has 2 N–H and O–H groups in total. The summed E-state index contributed by atoms with van der Waals surface area (Å²) >= 11 is 1.46. The zero-order chi connectivity index (χ0) is 13.7. The molecular formula is C13H16O4S. The summed E-state index contributed by atoms with van der Waals surface area (Å²) in [5.41, 5.74) is 0.472. The van der Waals surface area contributed by atoms with E-state index in [1.54, 1.807) is 6.07 Å². The van der Waals surface area contributed by atoms with Crippen LogP contribution in [-0.2, 0) is 0 Å². The van der Waals surface area contributed by atoms with Crippen molar-refractivity contribution in [1.82, 2.24) is 0 Å². The van der Waals surface area contributed by atoms with Gasteiger partial charge in [-0.15, -0.1) is 11.8 Å². The minimum atomic E-state index is -1.10. The largest absolute Gasteiger partial charge is 0.478 e. The van der Waals surface area contributed by atoms with Gasteiger partial charge in [-0.2, -0.15) is 0 Å². The Labute approximate surface area is 110 Å². The maximum absolute atomic E-state index is 11.2. The lowest BCUT2D eigenvalue weighted by molar-refractivity contribution is 0.0692. The van der Waals surface area contributed by atoms with E-state index in [9.17, 15) is 14.7 Å². The highest BCUT2D eigenvalue weighted by atomic mass is 32.2. The maximum Gasteiger partial charge on any atom is 0.337 e. The van der Waals surface area contributed by atoms with Crippen LogP contribution < -0.4 is 0 Å². The first-order valence-electron chi connectivity index (χ1n) is 5.72. The predicted molar refractivity (Wildman–Crippen MR) is 70.7 cm³/mol. The minimum Gasteiger partial charge on any atom is -0.478 e. The van der Waals surface area contributed by atoms with Crippen molar-refractivity contribution in [3.05, 3.63) is 28.8 Å². The van der Waals surface area contributed by atoms with Gasteiger partial charge in [-0.1, -0.05) is 13.3 Å². The number of carboxylic acid groups (broad SMARTS) is 2. The third kappa shape index (κ3) is 3.26. The van der Waals surface area contributed by atoms with E-state index >= 15 is 0 Å². The third-order valence-electron chi connectivity index (χ3n) is 2.63.